The van der Waals surface area contributed by atoms with Crippen molar-refractivity contribution in [2.24, 2.45) is 5.92 Å². The Hall–Kier alpha value is -1.84. The van der Waals surface area contributed by atoms with Gasteiger partial charge in [0.1, 0.15) is 5.54 Å². The van der Waals surface area contributed by atoms with E-state index in [4.69, 9.17) is 0 Å². The van der Waals surface area contributed by atoms with Crippen LogP contribution in [0.3, 0.4) is 0 Å². The van der Waals surface area contributed by atoms with Crippen molar-refractivity contribution in [2.75, 3.05) is 13.1 Å². The molecule has 1 aromatic carbocycles. The zero-order chi connectivity index (χ0) is 14.9. The lowest BCUT2D eigenvalue weighted by atomic mass is 9.91. The van der Waals surface area contributed by atoms with Crippen LogP contribution < -0.4 is 5.32 Å². The Morgan fingerprint density at radius 1 is 1.24 bits per heavy atom. The van der Waals surface area contributed by atoms with E-state index in [9.17, 15) is 9.59 Å². The van der Waals surface area contributed by atoms with Crippen LogP contribution in [0.1, 0.15) is 31.7 Å². The minimum atomic E-state index is -0.665. The van der Waals surface area contributed by atoms with Gasteiger partial charge < -0.3 is 10.2 Å². The molecule has 4 heteroatoms. The molecule has 0 spiro atoms. The number of carbonyl (C=O) groups excluding carboxylic acids is 2. The fourth-order valence-corrected chi connectivity index (χ4v) is 3.19. The summed E-state index contributed by atoms with van der Waals surface area (Å²) in [6.07, 6.45) is 3.91. The highest BCUT2D eigenvalue weighted by atomic mass is 16.2. The summed E-state index contributed by atoms with van der Waals surface area (Å²) in [6, 6.07) is 10.2. The van der Waals surface area contributed by atoms with E-state index in [0.717, 1.165) is 25.7 Å². The van der Waals surface area contributed by atoms with Gasteiger partial charge in [0.05, 0.1) is 6.54 Å². The minimum Gasteiger partial charge on any atom is -0.340 e. The normalized spacial score (nSPS) is 25.9. The third-order valence-corrected chi connectivity index (χ3v) is 4.60. The van der Waals surface area contributed by atoms with Crippen molar-refractivity contribution in [3.05, 3.63) is 35.9 Å². The van der Waals surface area contributed by atoms with Crippen molar-refractivity contribution in [3.63, 3.8) is 0 Å². The van der Waals surface area contributed by atoms with Crippen LogP contribution in [0.25, 0.3) is 0 Å². The lowest BCUT2D eigenvalue weighted by Gasteiger charge is -2.40. The molecule has 2 fully saturated rings. The molecule has 1 saturated carbocycles. The Balaban J connectivity index is 1.59. The van der Waals surface area contributed by atoms with Gasteiger partial charge >= 0.3 is 0 Å². The smallest absolute Gasteiger partial charge is 0.248 e. The Labute approximate surface area is 125 Å². The molecule has 0 aromatic heterocycles. The molecule has 21 heavy (non-hydrogen) atoms. The van der Waals surface area contributed by atoms with E-state index in [1.54, 1.807) is 4.90 Å². The molecule has 1 atom stereocenters. The number of nitrogens with one attached hydrogen (secondary N) is 1. The summed E-state index contributed by atoms with van der Waals surface area (Å²) in [5.74, 6) is 0.396. The van der Waals surface area contributed by atoms with Crippen LogP contribution in [-0.2, 0) is 16.0 Å². The highest BCUT2D eigenvalue weighted by Gasteiger charge is 2.52. The molecule has 1 heterocycles. The van der Waals surface area contributed by atoms with Crippen molar-refractivity contribution in [2.45, 2.75) is 38.1 Å². The van der Waals surface area contributed by atoms with Crippen LogP contribution >= 0.6 is 0 Å². The molecule has 0 radical (unpaired) electrons. The highest BCUT2D eigenvalue weighted by Crippen LogP contribution is 2.41. The maximum atomic E-state index is 12.6. The van der Waals surface area contributed by atoms with Crippen LogP contribution in [0.5, 0.6) is 0 Å². The van der Waals surface area contributed by atoms with Crippen LogP contribution in [0.15, 0.2) is 30.3 Å². The molecule has 1 saturated heterocycles. The largest absolute Gasteiger partial charge is 0.340 e. The number of rotatable bonds is 5. The summed E-state index contributed by atoms with van der Waals surface area (Å²) in [6.45, 7) is 2.74. The number of nitrogens with zero attached hydrogens (tertiary/aromatic N) is 1. The number of amides is 2. The van der Waals surface area contributed by atoms with Gasteiger partial charge in [0.2, 0.25) is 11.8 Å². The van der Waals surface area contributed by atoms with E-state index in [1.807, 2.05) is 25.1 Å². The second kappa shape index (κ2) is 5.51. The maximum Gasteiger partial charge on any atom is 0.248 e. The Morgan fingerprint density at radius 2 is 1.95 bits per heavy atom. The third-order valence-electron chi connectivity index (χ3n) is 4.60. The Kier molecular flexibility index (Phi) is 3.70. The molecule has 112 valence electrons. The topological polar surface area (TPSA) is 49.4 Å². The molecule has 1 N–H and O–H groups in total. The van der Waals surface area contributed by atoms with Gasteiger partial charge in [0, 0.05) is 6.54 Å². The fourth-order valence-electron chi connectivity index (χ4n) is 3.19. The molecule has 1 aromatic rings. The number of piperazine rings is 1. The summed E-state index contributed by atoms with van der Waals surface area (Å²) < 4.78 is 0. The van der Waals surface area contributed by atoms with Gasteiger partial charge in [-0.25, -0.2) is 0 Å². The van der Waals surface area contributed by atoms with Crippen LogP contribution in [0.2, 0.25) is 0 Å². The monoisotopic (exact) mass is 286 g/mol. The first-order chi connectivity index (χ1) is 10.1. The van der Waals surface area contributed by atoms with E-state index >= 15 is 0 Å². The molecule has 2 aliphatic rings. The van der Waals surface area contributed by atoms with Crippen molar-refractivity contribution < 1.29 is 9.59 Å². The van der Waals surface area contributed by atoms with Gasteiger partial charge in [-0.05, 0) is 44.1 Å². The second-order valence-corrected chi connectivity index (χ2v) is 6.34. The molecule has 0 bridgehead atoms. The van der Waals surface area contributed by atoms with E-state index in [2.05, 4.69) is 17.4 Å². The van der Waals surface area contributed by atoms with Gasteiger partial charge in [0.15, 0.2) is 0 Å². The van der Waals surface area contributed by atoms with E-state index in [1.165, 1.54) is 5.56 Å². The number of hydrogen-bond donors (Lipinski definition) is 1. The molecular formula is C17H22N2O2. The maximum absolute atomic E-state index is 12.6. The quantitative estimate of drug-likeness (QED) is 0.896. The van der Waals surface area contributed by atoms with Gasteiger partial charge in [-0.3, -0.25) is 9.59 Å². The second-order valence-electron chi connectivity index (χ2n) is 6.34. The zero-order valence-electron chi connectivity index (χ0n) is 12.5. The Morgan fingerprint density at radius 3 is 2.62 bits per heavy atom. The van der Waals surface area contributed by atoms with Crippen LogP contribution in [-0.4, -0.2) is 35.3 Å². The molecule has 3 rings (SSSR count). The number of benzene rings is 1. The number of aryl methyl sites for hydroxylation is 1. The van der Waals surface area contributed by atoms with Crippen LogP contribution in [0, 0.1) is 5.92 Å². The zero-order valence-corrected chi connectivity index (χ0v) is 12.5. The lowest BCUT2D eigenvalue weighted by molar-refractivity contribution is -0.150. The highest BCUT2D eigenvalue weighted by molar-refractivity contribution is 5.98. The number of hydrogen-bond acceptors (Lipinski definition) is 2. The van der Waals surface area contributed by atoms with Crippen LogP contribution in [0.4, 0.5) is 0 Å². The third kappa shape index (κ3) is 2.94. The standard InChI is InChI=1S/C17H22N2O2/c1-17(14-9-10-14)16(21)19(12-15(20)18-17)11-5-8-13-6-3-2-4-7-13/h2-4,6-7,14H,5,8-12H2,1H3,(H,18,20). The Bertz CT molecular complexity index is 539. The van der Waals surface area contributed by atoms with Crippen molar-refractivity contribution in [3.8, 4) is 0 Å². The molecule has 2 amide bonds. The summed E-state index contributed by atoms with van der Waals surface area (Å²) in [4.78, 5) is 26.3. The van der Waals surface area contributed by atoms with Crippen molar-refractivity contribution >= 4 is 11.8 Å². The predicted octanol–water partition coefficient (Wildman–Crippen LogP) is 1.75. The first kappa shape index (κ1) is 14.1. The van der Waals surface area contributed by atoms with Gasteiger partial charge in [0.25, 0.3) is 0 Å². The molecule has 1 aliphatic heterocycles. The lowest BCUT2D eigenvalue weighted by Crippen LogP contribution is -2.66. The first-order valence-corrected chi connectivity index (χ1v) is 7.74. The SMILES string of the molecule is CC1(C2CC2)NC(=O)CN(CCCc2ccccc2)C1=O. The van der Waals surface area contributed by atoms with Gasteiger partial charge in [-0.2, -0.15) is 0 Å². The minimum absolute atomic E-state index is 0.0243. The van der Waals surface area contributed by atoms with E-state index < -0.39 is 5.54 Å². The predicted molar refractivity (Wildman–Crippen MR) is 80.6 cm³/mol. The number of carbonyl (C=O) groups is 2. The van der Waals surface area contributed by atoms with Crippen molar-refractivity contribution in [1.82, 2.24) is 10.2 Å². The first-order valence-electron chi connectivity index (χ1n) is 7.74. The van der Waals surface area contributed by atoms with Gasteiger partial charge in [-0.1, -0.05) is 30.3 Å². The summed E-state index contributed by atoms with van der Waals surface area (Å²) in [5, 5.41) is 2.91. The van der Waals surface area contributed by atoms with Crippen molar-refractivity contribution in [1.29, 1.82) is 0 Å². The van der Waals surface area contributed by atoms with E-state index in [-0.39, 0.29) is 18.4 Å². The summed E-state index contributed by atoms with van der Waals surface area (Å²) in [7, 11) is 0. The molecular weight excluding hydrogens is 264 g/mol. The molecule has 4 nitrogen and oxygen atoms in total. The van der Waals surface area contributed by atoms with Gasteiger partial charge in [-0.15, -0.1) is 0 Å². The van der Waals surface area contributed by atoms with E-state index in [0.29, 0.717) is 12.5 Å². The molecule has 1 aliphatic carbocycles. The molecule has 1 unspecified atom stereocenters. The fraction of sp³-hybridized carbons (Fsp3) is 0.529. The average Bonchev–Trinajstić information content (AvgIpc) is 3.30. The summed E-state index contributed by atoms with van der Waals surface area (Å²) >= 11 is 0. The average molecular weight is 286 g/mol. The summed E-state index contributed by atoms with van der Waals surface area (Å²) in [5.41, 5.74) is 0.610.